The quantitative estimate of drug-likeness (QED) is 0.626. The van der Waals surface area contributed by atoms with Crippen molar-refractivity contribution in [2.24, 2.45) is 5.73 Å². The van der Waals surface area contributed by atoms with Crippen LogP contribution in [0.3, 0.4) is 0 Å². The summed E-state index contributed by atoms with van der Waals surface area (Å²) >= 11 is 0. The van der Waals surface area contributed by atoms with Crippen LogP contribution in [0, 0.1) is 0 Å². The number of carbonyl (C=O) groups is 2. The van der Waals surface area contributed by atoms with Gasteiger partial charge < -0.3 is 10.5 Å². The summed E-state index contributed by atoms with van der Waals surface area (Å²) in [6, 6.07) is 7.10. The van der Waals surface area contributed by atoms with E-state index in [4.69, 9.17) is 10.5 Å². The Morgan fingerprint density at radius 1 is 1.24 bits per heavy atom. The van der Waals surface area contributed by atoms with Crippen LogP contribution in [0.4, 0.5) is 0 Å². The molecule has 6 nitrogen and oxygen atoms in total. The summed E-state index contributed by atoms with van der Waals surface area (Å²) in [4.78, 5) is 21.7. The van der Waals surface area contributed by atoms with Gasteiger partial charge in [0.15, 0.2) is 6.61 Å². The fourth-order valence-electron chi connectivity index (χ4n) is 1.06. The van der Waals surface area contributed by atoms with Gasteiger partial charge in [0, 0.05) is 13.5 Å². The first kappa shape index (κ1) is 13.0. The van der Waals surface area contributed by atoms with Gasteiger partial charge in [0.2, 0.25) is 5.91 Å². The molecule has 0 bridgehead atoms. The number of hydrogen-bond acceptors (Lipinski definition) is 4. The van der Waals surface area contributed by atoms with Gasteiger partial charge in [-0.25, -0.2) is 0 Å². The molecule has 0 aliphatic carbocycles. The van der Waals surface area contributed by atoms with Gasteiger partial charge in [0.05, 0.1) is 0 Å². The van der Waals surface area contributed by atoms with E-state index in [1.54, 1.807) is 12.1 Å². The monoisotopic (exact) mass is 237 g/mol. The zero-order valence-electron chi connectivity index (χ0n) is 9.53. The molecule has 0 heterocycles. The van der Waals surface area contributed by atoms with Gasteiger partial charge in [-0.1, -0.05) is 12.1 Å². The molecule has 2 amide bonds. The Bertz CT molecular complexity index is 389. The first-order chi connectivity index (χ1) is 8.11. The summed E-state index contributed by atoms with van der Waals surface area (Å²) < 4.78 is 5.20. The lowest BCUT2D eigenvalue weighted by atomic mass is 10.2. The summed E-state index contributed by atoms with van der Waals surface area (Å²) in [6.45, 7) is 1.60. The molecule has 0 aromatic heterocycles. The van der Waals surface area contributed by atoms with E-state index in [-0.39, 0.29) is 12.5 Å². The summed E-state index contributed by atoms with van der Waals surface area (Å²) in [5.41, 5.74) is 10.8. The van der Waals surface area contributed by atoms with Crippen molar-refractivity contribution in [3.63, 3.8) is 0 Å². The van der Waals surface area contributed by atoms with Gasteiger partial charge in [-0.2, -0.15) is 0 Å². The predicted octanol–water partition coefficient (Wildman–Crippen LogP) is -0.309. The summed E-state index contributed by atoms with van der Waals surface area (Å²) in [7, 11) is 0. The first-order valence-electron chi connectivity index (χ1n) is 5.09. The van der Waals surface area contributed by atoms with Crippen molar-refractivity contribution >= 4 is 11.8 Å². The number of nitrogens with one attached hydrogen (secondary N) is 2. The van der Waals surface area contributed by atoms with E-state index >= 15 is 0 Å². The highest BCUT2D eigenvalue weighted by atomic mass is 16.5. The lowest BCUT2D eigenvalue weighted by Crippen LogP contribution is -2.42. The van der Waals surface area contributed by atoms with Crippen LogP contribution in [0.15, 0.2) is 24.3 Å². The SMILES string of the molecule is CC(=O)NNC(=O)COc1ccc(CN)cc1. The van der Waals surface area contributed by atoms with Crippen LogP contribution in [0.25, 0.3) is 0 Å². The number of carbonyl (C=O) groups excluding carboxylic acids is 2. The van der Waals surface area contributed by atoms with Crippen molar-refractivity contribution in [1.82, 2.24) is 10.9 Å². The van der Waals surface area contributed by atoms with Crippen LogP contribution >= 0.6 is 0 Å². The maximum atomic E-state index is 11.2. The van der Waals surface area contributed by atoms with E-state index in [0.717, 1.165) is 5.56 Å². The second-order valence-corrected chi connectivity index (χ2v) is 3.37. The average molecular weight is 237 g/mol. The Kier molecular flexibility index (Phi) is 4.96. The summed E-state index contributed by atoms with van der Waals surface area (Å²) in [5.74, 6) is -0.200. The van der Waals surface area contributed by atoms with E-state index in [2.05, 4.69) is 10.9 Å². The minimum atomic E-state index is -0.428. The van der Waals surface area contributed by atoms with Crippen molar-refractivity contribution in [2.45, 2.75) is 13.5 Å². The fourth-order valence-corrected chi connectivity index (χ4v) is 1.06. The molecule has 92 valence electrons. The Morgan fingerprint density at radius 2 is 1.88 bits per heavy atom. The highest BCUT2D eigenvalue weighted by Crippen LogP contribution is 2.11. The molecule has 0 aliphatic heterocycles. The minimum absolute atomic E-state index is 0.164. The van der Waals surface area contributed by atoms with Gasteiger partial charge >= 0.3 is 0 Å². The third-order valence-electron chi connectivity index (χ3n) is 1.91. The van der Waals surface area contributed by atoms with Crippen LogP contribution in [-0.2, 0) is 16.1 Å². The molecular weight excluding hydrogens is 222 g/mol. The molecule has 0 saturated carbocycles. The highest BCUT2D eigenvalue weighted by molar-refractivity contribution is 5.81. The van der Waals surface area contributed by atoms with Gasteiger partial charge in [-0.3, -0.25) is 20.4 Å². The van der Waals surface area contributed by atoms with E-state index in [0.29, 0.717) is 12.3 Å². The van der Waals surface area contributed by atoms with Gasteiger partial charge in [-0.15, -0.1) is 0 Å². The smallest absolute Gasteiger partial charge is 0.276 e. The summed E-state index contributed by atoms with van der Waals surface area (Å²) in [5, 5.41) is 0. The van der Waals surface area contributed by atoms with Crippen LogP contribution in [-0.4, -0.2) is 18.4 Å². The first-order valence-corrected chi connectivity index (χ1v) is 5.09. The molecule has 0 aliphatic rings. The molecule has 0 saturated heterocycles. The topological polar surface area (TPSA) is 93.5 Å². The molecule has 6 heteroatoms. The second kappa shape index (κ2) is 6.49. The fraction of sp³-hybridized carbons (Fsp3) is 0.273. The molecule has 1 rings (SSSR count). The lowest BCUT2D eigenvalue weighted by molar-refractivity contribution is -0.129. The van der Waals surface area contributed by atoms with E-state index in [9.17, 15) is 9.59 Å². The Labute approximate surface area is 99.1 Å². The van der Waals surface area contributed by atoms with Crippen molar-refractivity contribution in [2.75, 3.05) is 6.61 Å². The van der Waals surface area contributed by atoms with E-state index < -0.39 is 5.91 Å². The van der Waals surface area contributed by atoms with Crippen molar-refractivity contribution in [3.05, 3.63) is 29.8 Å². The maximum Gasteiger partial charge on any atom is 0.276 e. The molecule has 1 aromatic carbocycles. The standard InChI is InChI=1S/C11H15N3O3/c1-8(15)13-14-11(16)7-17-10-4-2-9(6-12)3-5-10/h2-5H,6-7,12H2,1H3,(H,13,15)(H,14,16). The largest absolute Gasteiger partial charge is 0.484 e. The maximum absolute atomic E-state index is 11.2. The third kappa shape index (κ3) is 4.98. The van der Waals surface area contributed by atoms with Crippen LogP contribution < -0.4 is 21.3 Å². The lowest BCUT2D eigenvalue weighted by Gasteiger charge is -2.07. The Hall–Kier alpha value is -2.08. The minimum Gasteiger partial charge on any atom is -0.484 e. The van der Waals surface area contributed by atoms with Gasteiger partial charge in [-0.05, 0) is 17.7 Å². The van der Waals surface area contributed by atoms with E-state index in [1.165, 1.54) is 6.92 Å². The van der Waals surface area contributed by atoms with Crippen LogP contribution in [0.1, 0.15) is 12.5 Å². The van der Waals surface area contributed by atoms with Crippen molar-refractivity contribution in [1.29, 1.82) is 0 Å². The zero-order valence-corrected chi connectivity index (χ0v) is 9.53. The molecular formula is C11H15N3O3. The van der Waals surface area contributed by atoms with E-state index in [1.807, 2.05) is 12.1 Å². The average Bonchev–Trinajstić information content (AvgIpc) is 2.34. The summed E-state index contributed by atoms with van der Waals surface area (Å²) in [6.07, 6.45) is 0. The molecule has 17 heavy (non-hydrogen) atoms. The molecule has 0 unspecified atom stereocenters. The molecule has 0 fully saturated rings. The Morgan fingerprint density at radius 3 is 2.41 bits per heavy atom. The number of ether oxygens (including phenoxy) is 1. The number of amides is 2. The number of nitrogens with two attached hydrogens (primary N) is 1. The predicted molar refractivity (Wildman–Crippen MR) is 61.8 cm³/mol. The van der Waals surface area contributed by atoms with Crippen LogP contribution in [0.2, 0.25) is 0 Å². The molecule has 0 radical (unpaired) electrons. The van der Waals surface area contributed by atoms with Crippen molar-refractivity contribution in [3.8, 4) is 5.75 Å². The molecule has 1 aromatic rings. The highest BCUT2D eigenvalue weighted by Gasteiger charge is 2.02. The molecule has 4 N–H and O–H groups in total. The van der Waals surface area contributed by atoms with Gasteiger partial charge in [0.25, 0.3) is 5.91 Å². The zero-order chi connectivity index (χ0) is 12.7. The second-order valence-electron chi connectivity index (χ2n) is 3.37. The molecule has 0 atom stereocenters. The third-order valence-corrected chi connectivity index (χ3v) is 1.91. The van der Waals surface area contributed by atoms with Crippen molar-refractivity contribution < 1.29 is 14.3 Å². The number of rotatable bonds is 4. The normalized spacial score (nSPS) is 9.53. The van der Waals surface area contributed by atoms with Gasteiger partial charge in [0.1, 0.15) is 5.75 Å². The van der Waals surface area contributed by atoms with Crippen LogP contribution in [0.5, 0.6) is 5.75 Å². The number of hydrazine groups is 1. The number of hydrogen-bond donors (Lipinski definition) is 3. The molecule has 0 spiro atoms. The Balaban J connectivity index is 2.34. The number of benzene rings is 1.